The Balaban J connectivity index is 1.70. The van der Waals surface area contributed by atoms with Crippen LogP contribution in [0.25, 0.3) is 6.08 Å². The Morgan fingerprint density at radius 3 is 2.62 bits per heavy atom. The van der Waals surface area contributed by atoms with E-state index in [1.165, 1.54) is 0 Å². The van der Waals surface area contributed by atoms with E-state index in [9.17, 15) is 14.4 Å². The number of carbonyl (C=O) groups excluding carboxylic acids is 3. The van der Waals surface area contributed by atoms with E-state index >= 15 is 0 Å². The van der Waals surface area contributed by atoms with Crippen molar-refractivity contribution in [2.75, 3.05) is 33.4 Å². The molecule has 2 fully saturated rings. The fraction of sp³-hybridized carbons (Fsp3) is 0.476. The third-order valence-corrected chi connectivity index (χ3v) is 6.00. The Morgan fingerprint density at radius 1 is 1.24 bits per heavy atom. The number of amides is 3. The number of thioether (sulfide) groups is 1. The highest BCUT2D eigenvalue weighted by molar-refractivity contribution is 8.18. The normalized spacial score (nSPS) is 19.2. The summed E-state index contributed by atoms with van der Waals surface area (Å²) in [6.07, 6.45) is 3.54. The van der Waals surface area contributed by atoms with Crippen LogP contribution in [0.1, 0.15) is 32.3 Å². The number of benzene rings is 1. The number of hydrogen-bond donors (Lipinski definition) is 0. The van der Waals surface area contributed by atoms with Gasteiger partial charge in [0.15, 0.2) is 11.5 Å². The average Bonchev–Trinajstić information content (AvgIpc) is 2.97. The minimum atomic E-state index is -0.438. The van der Waals surface area contributed by atoms with Crippen LogP contribution in [0.15, 0.2) is 23.1 Å². The highest BCUT2D eigenvalue weighted by Gasteiger charge is 2.37. The zero-order valence-corrected chi connectivity index (χ0v) is 17.8. The van der Waals surface area contributed by atoms with E-state index in [0.717, 1.165) is 29.5 Å². The van der Waals surface area contributed by atoms with E-state index in [1.54, 1.807) is 36.3 Å². The van der Waals surface area contributed by atoms with Gasteiger partial charge in [-0.15, -0.1) is 0 Å². The zero-order valence-electron chi connectivity index (χ0n) is 17.0. The number of piperidine rings is 1. The number of imide groups is 1. The highest BCUT2D eigenvalue weighted by Crippen LogP contribution is 2.34. The van der Waals surface area contributed by atoms with Gasteiger partial charge in [0.05, 0.1) is 18.6 Å². The molecule has 2 aliphatic heterocycles. The lowest BCUT2D eigenvalue weighted by Crippen LogP contribution is -2.45. The predicted octanol–water partition coefficient (Wildman–Crippen LogP) is 3.39. The van der Waals surface area contributed by atoms with Crippen molar-refractivity contribution in [2.45, 2.75) is 26.7 Å². The molecule has 0 spiro atoms. The second-order valence-electron chi connectivity index (χ2n) is 7.17. The molecule has 0 saturated carbocycles. The van der Waals surface area contributed by atoms with Crippen LogP contribution in [0.3, 0.4) is 0 Å². The van der Waals surface area contributed by atoms with E-state index < -0.39 is 11.1 Å². The fourth-order valence-electron chi connectivity index (χ4n) is 3.33. The third-order valence-electron chi connectivity index (χ3n) is 5.09. The maximum Gasteiger partial charge on any atom is 0.294 e. The summed E-state index contributed by atoms with van der Waals surface area (Å²) >= 11 is 0.849. The minimum absolute atomic E-state index is 0.178. The van der Waals surface area contributed by atoms with Crippen LogP contribution in [0, 0.1) is 5.92 Å². The van der Waals surface area contributed by atoms with Crippen molar-refractivity contribution in [1.29, 1.82) is 0 Å². The first-order chi connectivity index (χ1) is 13.9. The van der Waals surface area contributed by atoms with Gasteiger partial charge in [-0.2, -0.15) is 0 Å². The van der Waals surface area contributed by atoms with E-state index in [1.807, 2.05) is 6.92 Å². The Kier molecular flexibility index (Phi) is 6.84. The molecule has 2 saturated heterocycles. The first-order valence-electron chi connectivity index (χ1n) is 9.77. The second kappa shape index (κ2) is 9.35. The van der Waals surface area contributed by atoms with Crippen molar-refractivity contribution in [3.63, 3.8) is 0 Å². The number of carbonyl (C=O) groups is 3. The number of rotatable bonds is 6. The van der Waals surface area contributed by atoms with Crippen LogP contribution in [0.5, 0.6) is 11.5 Å². The van der Waals surface area contributed by atoms with Crippen molar-refractivity contribution < 1.29 is 23.9 Å². The Labute approximate surface area is 175 Å². The van der Waals surface area contributed by atoms with E-state index in [0.29, 0.717) is 47.6 Å². The molecule has 0 N–H and O–H groups in total. The Bertz CT molecular complexity index is 830. The largest absolute Gasteiger partial charge is 0.493 e. The number of nitrogens with zero attached hydrogens (tertiary/aromatic N) is 2. The number of ether oxygens (including phenoxy) is 2. The second-order valence-corrected chi connectivity index (χ2v) is 8.17. The van der Waals surface area contributed by atoms with Gasteiger partial charge in [0.25, 0.3) is 11.1 Å². The molecule has 2 heterocycles. The van der Waals surface area contributed by atoms with Crippen LogP contribution >= 0.6 is 11.8 Å². The molecule has 0 unspecified atom stereocenters. The summed E-state index contributed by atoms with van der Waals surface area (Å²) in [7, 11) is 1.54. The summed E-state index contributed by atoms with van der Waals surface area (Å²) in [6, 6.07) is 5.31. The molecule has 0 bridgehead atoms. The van der Waals surface area contributed by atoms with Crippen molar-refractivity contribution >= 4 is 34.9 Å². The molecule has 0 radical (unpaired) electrons. The summed E-state index contributed by atoms with van der Waals surface area (Å²) < 4.78 is 10.8. The van der Waals surface area contributed by atoms with Gasteiger partial charge in [0.2, 0.25) is 5.91 Å². The van der Waals surface area contributed by atoms with Crippen LogP contribution < -0.4 is 9.47 Å². The predicted molar refractivity (Wildman–Crippen MR) is 112 cm³/mol. The summed E-state index contributed by atoms with van der Waals surface area (Å²) in [5, 5.41) is -0.419. The lowest BCUT2D eigenvalue weighted by Gasteiger charge is -2.31. The molecule has 29 heavy (non-hydrogen) atoms. The van der Waals surface area contributed by atoms with Crippen molar-refractivity contribution in [1.82, 2.24) is 9.80 Å². The number of hydrogen-bond acceptors (Lipinski definition) is 6. The molecule has 7 nitrogen and oxygen atoms in total. The Morgan fingerprint density at radius 2 is 1.97 bits per heavy atom. The van der Waals surface area contributed by atoms with Gasteiger partial charge in [-0.3, -0.25) is 19.3 Å². The summed E-state index contributed by atoms with van der Waals surface area (Å²) in [5.41, 5.74) is 0.715. The maximum absolute atomic E-state index is 12.7. The molecule has 3 amide bonds. The minimum Gasteiger partial charge on any atom is -0.493 e. The lowest BCUT2D eigenvalue weighted by atomic mass is 9.99. The molecule has 0 aromatic heterocycles. The smallest absolute Gasteiger partial charge is 0.294 e. The van der Waals surface area contributed by atoms with Gasteiger partial charge >= 0.3 is 0 Å². The number of methoxy groups -OCH3 is 1. The molecule has 0 atom stereocenters. The quantitative estimate of drug-likeness (QED) is 0.659. The average molecular weight is 419 g/mol. The SMILES string of the molecule is CCOc1ccc(/C=C2/SC(=O)N(CC(=O)N3CCC(C)CC3)C2=O)cc1OC. The van der Waals surface area contributed by atoms with Crippen LogP contribution in [-0.2, 0) is 9.59 Å². The first-order valence-corrected chi connectivity index (χ1v) is 10.6. The summed E-state index contributed by atoms with van der Waals surface area (Å²) in [6.45, 7) is 5.71. The molecule has 8 heteroatoms. The highest BCUT2D eigenvalue weighted by atomic mass is 32.2. The van der Waals surface area contributed by atoms with Crippen LogP contribution in [0.2, 0.25) is 0 Å². The standard InChI is InChI=1S/C21H26N2O5S/c1-4-28-16-6-5-15(11-17(16)27-3)12-18-20(25)23(21(26)29-18)13-19(24)22-9-7-14(2)8-10-22/h5-6,11-12,14H,4,7-10,13H2,1-3H3/b18-12+. The van der Waals surface area contributed by atoms with Gasteiger partial charge in [0.1, 0.15) is 6.54 Å². The summed E-state index contributed by atoms with van der Waals surface area (Å²) in [4.78, 5) is 40.6. The first kappa shape index (κ1) is 21.2. The van der Waals surface area contributed by atoms with Gasteiger partial charge < -0.3 is 14.4 Å². The van der Waals surface area contributed by atoms with Crippen molar-refractivity contribution in [3.8, 4) is 11.5 Å². The molecule has 2 aliphatic rings. The monoisotopic (exact) mass is 418 g/mol. The maximum atomic E-state index is 12.7. The van der Waals surface area contributed by atoms with Crippen LogP contribution in [-0.4, -0.2) is 60.2 Å². The van der Waals surface area contributed by atoms with E-state index in [2.05, 4.69) is 6.92 Å². The van der Waals surface area contributed by atoms with Crippen molar-refractivity contribution in [2.24, 2.45) is 5.92 Å². The van der Waals surface area contributed by atoms with Gasteiger partial charge in [-0.05, 0) is 61.2 Å². The molecule has 0 aliphatic carbocycles. The number of likely N-dealkylation sites (tertiary alicyclic amines) is 1. The van der Waals surface area contributed by atoms with Crippen LogP contribution in [0.4, 0.5) is 4.79 Å². The van der Waals surface area contributed by atoms with E-state index in [4.69, 9.17) is 9.47 Å². The molecular weight excluding hydrogens is 392 g/mol. The van der Waals surface area contributed by atoms with Crippen molar-refractivity contribution in [3.05, 3.63) is 28.7 Å². The molecular formula is C21H26N2O5S. The topological polar surface area (TPSA) is 76.2 Å². The molecule has 1 aromatic rings. The van der Waals surface area contributed by atoms with Gasteiger partial charge in [0, 0.05) is 13.1 Å². The summed E-state index contributed by atoms with van der Waals surface area (Å²) in [5.74, 6) is 1.15. The molecule has 156 valence electrons. The lowest BCUT2D eigenvalue weighted by molar-refractivity contribution is -0.136. The third kappa shape index (κ3) is 4.93. The van der Waals surface area contributed by atoms with Gasteiger partial charge in [-0.1, -0.05) is 13.0 Å². The fourth-order valence-corrected chi connectivity index (χ4v) is 4.17. The molecule has 3 rings (SSSR count). The Hall–Kier alpha value is -2.48. The molecule has 1 aromatic carbocycles. The van der Waals surface area contributed by atoms with E-state index in [-0.39, 0.29) is 12.5 Å². The zero-order chi connectivity index (χ0) is 21.0. The van der Waals surface area contributed by atoms with Gasteiger partial charge in [-0.25, -0.2) is 0 Å².